The highest BCUT2D eigenvalue weighted by atomic mass is 127. The van der Waals surface area contributed by atoms with Crippen LogP contribution in [-0.2, 0) is 13.1 Å². The van der Waals surface area contributed by atoms with Crippen LogP contribution in [0.5, 0.6) is 0 Å². The number of guanidine groups is 1. The topological polar surface area (TPSA) is 40.5 Å². The molecule has 0 aliphatic rings. The van der Waals surface area contributed by atoms with Crippen LogP contribution < -0.4 is 5.32 Å². The maximum Gasteiger partial charge on any atom is 0.194 e. The van der Waals surface area contributed by atoms with Gasteiger partial charge in [0.05, 0.1) is 16.9 Å². The minimum absolute atomic E-state index is 0. The Bertz CT molecular complexity index is 612. The molecule has 0 aromatic carbocycles. The van der Waals surface area contributed by atoms with Gasteiger partial charge < -0.3 is 10.2 Å². The number of aromatic nitrogens is 1. The maximum atomic E-state index is 4.67. The number of rotatable bonds is 5. The number of aliphatic imine (C=N–C) groups is 1. The van der Waals surface area contributed by atoms with E-state index in [0.717, 1.165) is 27.8 Å². The summed E-state index contributed by atoms with van der Waals surface area (Å²) in [5, 5.41) is 4.38. The van der Waals surface area contributed by atoms with Crippen LogP contribution in [0.4, 0.5) is 0 Å². The van der Waals surface area contributed by atoms with Crippen molar-refractivity contribution >= 4 is 68.5 Å². The Labute approximate surface area is 165 Å². The Morgan fingerprint density at radius 3 is 2.73 bits per heavy atom. The van der Waals surface area contributed by atoms with Crippen molar-refractivity contribution in [2.45, 2.75) is 26.9 Å². The molecule has 0 radical (unpaired) electrons. The molecule has 2 aromatic heterocycles. The molecular formula is C14H20BrIN4S2. The van der Waals surface area contributed by atoms with Gasteiger partial charge in [-0.2, -0.15) is 0 Å². The maximum absolute atomic E-state index is 4.67. The normalized spacial score (nSPS) is 11.2. The third-order valence-electron chi connectivity index (χ3n) is 2.75. The standard InChI is InChI=1S/C14H19BrN4S2.HI/c1-4-16-14(18-8-13-17-7-10(2)20-13)19(3)9-11-5-6-12(15)21-11;/h5-7H,4,8-9H2,1-3H3,(H,16,18);1H. The van der Waals surface area contributed by atoms with Crippen LogP contribution in [0.15, 0.2) is 27.1 Å². The van der Waals surface area contributed by atoms with Crippen molar-refractivity contribution in [3.63, 3.8) is 0 Å². The lowest BCUT2D eigenvalue weighted by molar-refractivity contribution is 0.481. The number of hydrogen-bond donors (Lipinski definition) is 1. The molecule has 0 aliphatic carbocycles. The summed E-state index contributed by atoms with van der Waals surface area (Å²) in [5.41, 5.74) is 0. The quantitative estimate of drug-likeness (QED) is 0.363. The molecule has 8 heteroatoms. The molecule has 4 nitrogen and oxygen atoms in total. The van der Waals surface area contributed by atoms with Gasteiger partial charge in [0.1, 0.15) is 5.01 Å². The highest BCUT2D eigenvalue weighted by Gasteiger charge is 2.08. The molecular weight excluding hydrogens is 495 g/mol. The van der Waals surface area contributed by atoms with E-state index in [1.165, 1.54) is 9.75 Å². The van der Waals surface area contributed by atoms with Crippen LogP contribution in [0.2, 0.25) is 0 Å². The van der Waals surface area contributed by atoms with E-state index in [9.17, 15) is 0 Å². The molecule has 0 saturated heterocycles. The lowest BCUT2D eigenvalue weighted by atomic mass is 10.4. The van der Waals surface area contributed by atoms with Gasteiger partial charge in [-0.15, -0.1) is 46.7 Å². The number of aryl methyl sites for hydroxylation is 1. The molecule has 2 heterocycles. The fourth-order valence-corrected chi connectivity index (χ4v) is 4.08. The molecule has 122 valence electrons. The lowest BCUT2D eigenvalue weighted by Gasteiger charge is -2.21. The smallest absolute Gasteiger partial charge is 0.194 e. The summed E-state index contributed by atoms with van der Waals surface area (Å²) in [6.45, 7) is 6.47. The second kappa shape index (κ2) is 9.84. The van der Waals surface area contributed by atoms with E-state index in [-0.39, 0.29) is 24.0 Å². The van der Waals surface area contributed by atoms with Crippen molar-refractivity contribution in [2.75, 3.05) is 13.6 Å². The monoisotopic (exact) mass is 514 g/mol. The third kappa shape index (κ3) is 6.13. The van der Waals surface area contributed by atoms with Gasteiger partial charge in [0.25, 0.3) is 0 Å². The Morgan fingerprint density at radius 1 is 1.41 bits per heavy atom. The van der Waals surface area contributed by atoms with Crippen LogP contribution in [0.3, 0.4) is 0 Å². The molecule has 2 rings (SSSR count). The second-order valence-corrected chi connectivity index (χ2v) is 8.46. The predicted octanol–water partition coefficient (Wildman–Crippen LogP) is 4.49. The molecule has 22 heavy (non-hydrogen) atoms. The summed E-state index contributed by atoms with van der Waals surface area (Å²) in [6, 6.07) is 4.22. The predicted molar refractivity (Wildman–Crippen MR) is 111 cm³/mol. The summed E-state index contributed by atoms with van der Waals surface area (Å²) in [7, 11) is 2.06. The summed E-state index contributed by atoms with van der Waals surface area (Å²) in [5.74, 6) is 0.912. The van der Waals surface area contributed by atoms with Crippen molar-refractivity contribution in [3.8, 4) is 0 Å². The lowest BCUT2D eigenvalue weighted by Crippen LogP contribution is -2.38. The zero-order valence-corrected chi connectivity index (χ0v) is 18.3. The summed E-state index contributed by atoms with van der Waals surface area (Å²) in [4.78, 5) is 13.7. The Kier molecular flexibility index (Phi) is 8.88. The summed E-state index contributed by atoms with van der Waals surface area (Å²) < 4.78 is 1.16. The van der Waals surface area contributed by atoms with Gasteiger partial charge in [0.15, 0.2) is 5.96 Å². The molecule has 0 saturated carbocycles. The molecule has 0 amide bonds. The van der Waals surface area contributed by atoms with Crippen LogP contribution >= 0.6 is 62.6 Å². The van der Waals surface area contributed by atoms with E-state index in [0.29, 0.717) is 6.54 Å². The fraction of sp³-hybridized carbons (Fsp3) is 0.429. The van der Waals surface area contributed by atoms with Crippen LogP contribution in [0, 0.1) is 6.92 Å². The van der Waals surface area contributed by atoms with Crippen molar-refractivity contribution < 1.29 is 0 Å². The summed E-state index contributed by atoms with van der Waals surface area (Å²) in [6.07, 6.45) is 1.90. The Hall–Kier alpha value is -0.190. The van der Waals surface area contributed by atoms with Crippen molar-refractivity contribution in [1.82, 2.24) is 15.2 Å². The van der Waals surface area contributed by atoms with E-state index >= 15 is 0 Å². The summed E-state index contributed by atoms with van der Waals surface area (Å²) >= 11 is 6.95. The van der Waals surface area contributed by atoms with Gasteiger partial charge in [-0.3, -0.25) is 0 Å². The fourth-order valence-electron chi connectivity index (χ4n) is 1.83. The Morgan fingerprint density at radius 2 is 2.18 bits per heavy atom. The van der Waals surface area contributed by atoms with E-state index in [2.05, 4.69) is 69.2 Å². The number of thiophene rings is 1. The highest BCUT2D eigenvalue weighted by Crippen LogP contribution is 2.23. The van der Waals surface area contributed by atoms with Gasteiger partial charge in [-0.1, -0.05) is 0 Å². The average molecular weight is 515 g/mol. The minimum atomic E-state index is 0. The molecule has 0 fully saturated rings. The minimum Gasteiger partial charge on any atom is -0.357 e. The number of hydrogen-bond acceptors (Lipinski definition) is 4. The first-order valence-electron chi connectivity index (χ1n) is 6.73. The molecule has 0 atom stereocenters. The first-order chi connectivity index (χ1) is 10.1. The van der Waals surface area contributed by atoms with E-state index in [4.69, 9.17) is 0 Å². The van der Waals surface area contributed by atoms with Crippen LogP contribution in [0.1, 0.15) is 21.7 Å². The number of halogens is 2. The van der Waals surface area contributed by atoms with Crippen molar-refractivity contribution in [3.05, 3.63) is 36.9 Å². The molecule has 0 unspecified atom stereocenters. The SMILES string of the molecule is CCNC(=NCc1ncc(C)s1)N(C)Cc1ccc(Br)s1.I. The van der Waals surface area contributed by atoms with E-state index in [1.54, 1.807) is 22.7 Å². The number of nitrogens with one attached hydrogen (secondary N) is 1. The zero-order chi connectivity index (χ0) is 15.2. The Balaban J connectivity index is 0.00000242. The van der Waals surface area contributed by atoms with Gasteiger partial charge in [0, 0.05) is 29.5 Å². The van der Waals surface area contributed by atoms with Crippen molar-refractivity contribution in [2.24, 2.45) is 4.99 Å². The molecule has 0 spiro atoms. The second-order valence-electron chi connectivity index (χ2n) is 4.60. The largest absolute Gasteiger partial charge is 0.357 e. The first kappa shape index (κ1) is 19.9. The number of nitrogens with zero attached hydrogens (tertiary/aromatic N) is 3. The molecule has 2 aromatic rings. The molecule has 1 N–H and O–H groups in total. The first-order valence-corrected chi connectivity index (χ1v) is 9.16. The highest BCUT2D eigenvalue weighted by molar-refractivity contribution is 14.0. The third-order valence-corrected chi connectivity index (χ3v) is 5.26. The van der Waals surface area contributed by atoms with Gasteiger partial charge in [-0.25, -0.2) is 9.98 Å². The van der Waals surface area contributed by atoms with Crippen LogP contribution in [0.25, 0.3) is 0 Å². The van der Waals surface area contributed by atoms with E-state index in [1.807, 2.05) is 6.20 Å². The van der Waals surface area contributed by atoms with Gasteiger partial charge in [-0.05, 0) is 41.9 Å². The number of thiazole rings is 1. The average Bonchev–Trinajstić information content (AvgIpc) is 3.03. The van der Waals surface area contributed by atoms with Crippen molar-refractivity contribution in [1.29, 1.82) is 0 Å². The van der Waals surface area contributed by atoms with Gasteiger partial charge in [0.2, 0.25) is 0 Å². The van der Waals surface area contributed by atoms with E-state index < -0.39 is 0 Å². The van der Waals surface area contributed by atoms with Crippen LogP contribution in [-0.4, -0.2) is 29.4 Å². The molecule has 0 aliphatic heterocycles. The van der Waals surface area contributed by atoms with Gasteiger partial charge >= 0.3 is 0 Å². The zero-order valence-electron chi connectivity index (χ0n) is 12.8. The molecule has 0 bridgehead atoms.